The lowest BCUT2D eigenvalue weighted by Gasteiger charge is -2.32. The van der Waals surface area contributed by atoms with E-state index in [-0.39, 0.29) is 18.4 Å². The molecule has 1 saturated heterocycles. The Morgan fingerprint density at radius 1 is 1.19 bits per heavy atom. The maximum Gasteiger partial charge on any atom is 0.323 e. The largest absolute Gasteiger partial charge is 0.495 e. The minimum absolute atomic E-state index is 0.124. The molecule has 3 amide bonds. The minimum atomic E-state index is -0.193. The fourth-order valence-corrected chi connectivity index (χ4v) is 3.43. The highest BCUT2D eigenvalue weighted by Gasteiger charge is 2.20. The van der Waals surface area contributed by atoms with Gasteiger partial charge in [-0.05, 0) is 19.2 Å². The summed E-state index contributed by atoms with van der Waals surface area (Å²) in [6.07, 6.45) is 0.124. The molecule has 9 heteroatoms. The van der Waals surface area contributed by atoms with Crippen molar-refractivity contribution in [2.45, 2.75) is 6.42 Å². The van der Waals surface area contributed by atoms with Gasteiger partial charge in [0.2, 0.25) is 5.91 Å². The van der Waals surface area contributed by atoms with E-state index in [1.807, 2.05) is 19.2 Å². The standard InChI is InChI=1S/C18H23N5O3S/c1-22-7-9-23(10-8-22)18(25)21-17-19-13(12-27-17)11-16(24)20-14-5-3-4-6-15(14)26-2/h3-6,12H,7-11H2,1-2H3,(H,20,24)(H,19,21,25). The van der Waals surface area contributed by atoms with Gasteiger partial charge < -0.3 is 19.9 Å². The quantitative estimate of drug-likeness (QED) is 0.818. The van der Waals surface area contributed by atoms with Crippen LogP contribution in [0.5, 0.6) is 5.75 Å². The summed E-state index contributed by atoms with van der Waals surface area (Å²) in [6.45, 7) is 3.11. The maximum atomic E-state index is 12.3. The number of piperazine rings is 1. The Hall–Kier alpha value is -2.65. The number of hydrogen-bond donors (Lipinski definition) is 2. The predicted octanol–water partition coefficient (Wildman–Crippen LogP) is 2.11. The molecule has 2 heterocycles. The van der Waals surface area contributed by atoms with Crippen LogP contribution in [0.25, 0.3) is 0 Å². The van der Waals surface area contributed by atoms with Crippen LogP contribution >= 0.6 is 11.3 Å². The highest BCUT2D eigenvalue weighted by Crippen LogP contribution is 2.23. The Balaban J connectivity index is 1.53. The van der Waals surface area contributed by atoms with Crippen LogP contribution in [0, 0.1) is 0 Å². The van der Waals surface area contributed by atoms with E-state index in [1.165, 1.54) is 11.3 Å². The summed E-state index contributed by atoms with van der Waals surface area (Å²) < 4.78 is 5.23. The van der Waals surface area contributed by atoms with Crippen molar-refractivity contribution in [3.05, 3.63) is 35.3 Å². The number of amides is 3. The summed E-state index contributed by atoms with van der Waals surface area (Å²) in [5.41, 5.74) is 1.23. The van der Waals surface area contributed by atoms with E-state index in [4.69, 9.17) is 4.74 Å². The lowest BCUT2D eigenvalue weighted by molar-refractivity contribution is -0.115. The summed E-state index contributed by atoms with van der Waals surface area (Å²) >= 11 is 1.31. The van der Waals surface area contributed by atoms with Gasteiger partial charge in [0.15, 0.2) is 5.13 Å². The van der Waals surface area contributed by atoms with E-state index in [9.17, 15) is 9.59 Å². The van der Waals surface area contributed by atoms with Crippen molar-refractivity contribution in [3.8, 4) is 5.75 Å². The number of urea groups is 1. The highest BCUT2D eigenvalue weighted by molar-refractivity contribution is 7.13. The molecule has 8 nitrogen and oxygen atoms in total. The van der Waals surface area contributed by atoms with Gasteiger partial charge in [-0.3, -0.25) is 10.1 Å². The molecule has 1 aliphatic rings. The van der Waals surface area contributed by atoms with Crippen molar-refractivity contribution < 1.29 is 14.3 Å². The molecule has 1 aromatic carbocycles. The van der Waals surface area contributed by atoms with E-state index in [1.54, 1.807) is 29.5 Å². The Morgan fingerprint density at radius 3 is 2.67 bits per heavy atom. The third-order valence-electron chi connectivity index (χ3n) is 4.28. The monoisotopic (exact) mass is 389 g/mol. The molecule has 0 spiro atoms. The number of ether oxygens (including phenoxy) is 1. The zero-order valence-electron chi connectivity index (χ0n) is 15.4. The van der Waals surface area contributed by atoms with Gasteiger partial charge in [-0.2, -0.15) is 0 Å². The number of nitrogens with one attached hydrogen (secondary N) is 2. The molecule has 0 aliphatic carbocycles. The molecule has 1 fully saturated rings. The SMILES string of the molecule is COc1ccccc1NC(=O)Cc1csc(NC(=O)N2CCN(C)CC2)n1. The molecule has 0 atom stereocenters. The summed E-state index contributed by atoms with van der Waals surface area (Å²) in [4.78, 5) is 32.8. The van der Waals surface area contributed by atoms with Gasteiger partial charge in [-0.25, -0.2) is 9.78 Å². The Labute approximate surface area is 162 Å². The minimum Gasteiger partial charge on any atom is -0.495 e. The van der Waals surface area contributed by atoms with E-state index < -0.39 is 0 Å². The first-order chi connectivity index (χ1) is 13.0. The summed E-state index contributed by atoms with van der Waals surface area (Å²) in [5, 5.41) is 7.91. The number of anilines is 2. The molecular formula is C18H23N5O3S. The first-order valence-electron chi connectivity index (χ1n) is 8.67. The molecule has 3 rings (SSSR count). The van der Waals surface area contributed by atoms with E-state index in [0.717, 1.165) is 13.1 Å². The number of nitrogens with zero attached hydrogens (tertiary/aromatic N) is 3. The van der Waals surface area contributed by atoms with Gasteiger partial charge in [0.25, 0.3) is 0 Å². The number of carbonyl (C=O) groups excluding carboxylic acids is 2. The van der Waals surface area contributed by atoms with Crippen LogP contribution in [0.1, 0.15) is 5.69 Å². The van der Waals surface area contributed by atoms with E-state index in [0.29, 0.717) is 35.4 Å². The van der Waals surface area contributed by atoms with Crippen molar-refractivity contribution >= 4 is 34.1 Å². The smallest absolute Gasteiger partial charge is 0.323 e. The maximum absolute atomic E-state index is 12.3. The van der Waals surface area contributed by atoms with Crippen molar-refractivity contribution in [1.82, 2.24) is 14.8 Å². The number of rotatable bonds is 5. The predicted molar refractivity (Wildman–Crippen MR) is 106 cm³/mol. The molecule has 2 N–H and O–H groups in total. The third-order valence-corrected chi connectivity index (χ3v) is 5.09. The number of methoxy groups -OCH3 is 1. The number of likely N-dealkylation sites (N-methyl/N-ethyl adjacent to an activating group) is 1. The average molecular weight is 389 g/mol. The fraction of sp³-hybridized carbons (Fsp3) is 0.389. The number of benzene rings is 1. The Kier molecular flexibility index (Phi) is 6.25. The molecule has 27 heavy (non-hydrogen) atoms. The molecular weight excluding hydrogens is 366 g/mol. The second kappa shape index (κ2) is 8.83. The Bertz CT molecular complexity index is 802. The van der Waals surface area contributed by atoms with Crippen LogP contribution in [0.3, 0.4) is 0 Å². The third kappa shape index (κ3) is 5.18. The van der Waals surface area contributed by atoms with Gasteiger partial charge in [0.05, 0.1) is 24.9 Å². The van der Waals surface area contributed by atoms with Crippen molar-refractivity contribution in [1.29, 1.82) is 0 Å². The normalized spacial score (nSPS) is 14.7. The molecule has 0 radical (unpaired) electrons. The van der Waals surface area contributed by atoms with E-state index in [2.05, 4.69) is 20.5 Å². The number of carbonyl (C=O) groups is 2. The zero-order valence-corrected chi connectivity index (χ0v) is 16.2. The molecule has 1 aliphatic heterocycles. The molecule has 0 saturated carbocycles. The van der Waals surface area contributed by atoms with Gasteiger partial charge in [0.1, 0.15) is 5.75 Å². The first kappa shape index (κ1) is 19.1. The van der Waals surface area contributed by atoms with E-state index >= 15 is 0 Å². The molecule has 0 unspecified atom stereocenters. The summed E-state index contributed by atoms with van der Waals surface area (Å²) in [6, 6.07) is 7.07. The van der Waals surface area contributed by atoms with Gasteiger partial charge >= 0.3 is 6.03 Å². The van der Waals surface area contributed by atoms with Gasteiger partial charge in [-0.1, -0.05) is 12.1 Å². The number of aromatic nitrogens is 1. The average Bonchev–Trinajstić information content (AvgIpc) is 3.09. The number of hydrogen-bond acceptors (Lipinski definition) is 6. The van der Waals surface area contributed by atoms with Crippen LogP contribution < -0.4 is 15.4 Å². The number of para-hydroxylation sites is 2. The number of thiazole rings is 1. The van der Waals surface area contributed by atoms with Crippen LogP contribution in [-0.2, 0) is 11.2 Å². The topological polar surface area (TPSA) is 86.8 Å². The zero-order chi connectivity index (χ0) is 19.2. The van der Waals surface area contributed by atoms with Gasteiger partial charge in [0, 0.05) is 31.6 Å². The van der Waals surface area contributed by atoms with Crippen LogP contribution in [0.4, 0.5) is 15.6 Å². The molecule has 0 bridgehead atoms. The molecule has 144 valence electrons. The first-order valence-corrected chi connectivity index (χ1v) is 9.55. The second-order valence-corrected chi connectivity index (χ2v) is 7.15. The molecule has 1 aromatic heterocycles. The lowest BCUT2D eigenvalue weighted by Crippen LogP contribution is -2.48. The Morgan fingerprint density at radius 2 is 1.93 bits per heavy atom. The second-order valence-electron chi connectivity index (χ2n) is 6.29. The molecule has 2 aromatic rings. The fourth-order valence-electron chi connectivity index (χ4n) is 2.73. The van der Waals surface area contributed by atoms with Crippen molar-refractivity contribution in [2.75, 3.05) is 51.0 Å². The van der Waals surface area contributed by atoms with Crippen molar-refractivity contribution in [3.63, 3.8) is 0 Å². The highest BCUT2D eigenvalue weighted by atomic mass is 32.1. The lowest BCUT2D eigenvalue weighted by atomic mass is 10.2. The summed E-state index contributed by atoms with van der Waals surface area (Å²) in [7, 11) is 3.60. The van der Waals surface area contributed by atoms with Crippen LogP contribution in [0.15, 0.2) is 29.6 Å². The van der Waals surface area contributed by atoms with Crippen LogP contribution in [-0.4, -0.2) is 67.1 Å². The summed E-state index contributed by atoms with van der Waals surface area (Å²) in [5.74, 6) is 0.408. The van der Waals surface area contributed by atoms with Crippen LogP contribution in [0.2, 0.25) is 0 Å². The van der Waals surface area contributed by atoms with Gasteiger partial charge in [-0.15, -0.1) is 11.3 Å². The van der Waals surface area contributed by atoms with Crippen molar-refractivity contribution in [2.24, 2.45) is 0 Å².